The van der Waals surface area contributed by atoms with E-state index in [9.17, 15) is 28.1 Å². The minimum atomic E-state index is -2.01. The Labute approximate surface area is 117 Å². The van der Waals surface area contributed by atoms with Gasteiger partial charge in [-0.2, -0.15) is 4.39 Å². The van der Waals surface area contributed by atoms with Crippen molar-refractivity contribution < 1.29 is 22.9 Å². The Kier molecular flexibility index (Phi) is 4.12. The van der Waals surface area contributed by atoms with E-state index in [1.54, 1.807) is 0 Å². The van der Waals surface area contributed by atoms with Gasteiger partial charge in [0, 0.05) is 32.2 Å². The third-order valence-electron chi connectivity index (χ3n) is 3.35. The SMILES string of the molecule is CN1CCN(C(=O)c2cc([N+](=O)[O-])c(F)c(F)c2F)CC1. The highest BCUT2D eigenvalue weighted by Gasteiger charge is 2.31. The van der Waals surface area contributed by atoms with Gasteiger partial charge in [-0.15, -0.1) is 0 Å². The molecule has 0 aliphatic carbocycles. The number of carbonyl (C=O) groups excluding carboxylic acids is 1. The van der Waals surface area contributed by atoms with Gasteiger partial charge in [0.2, 0.25) is 11.6 Å². The highest BCUT2D eigenvalue weighted by Crippen LogP contribution is 2.26. The Morgan fingerprint density at radius 2 is 1.71 bits per heavy atom. The average molecular weight is 303 g/mol. The zero-order chi connectivity index (χ0) is 15.7. The lowest BCUT2D eigenvalue weighted by atomic mass is 10.1. The number of piperazine rings is 1. The van der Waals surface area contributed by atoms with Crippen molar-refractivity contribution in [1.29, 1.82) is 0 Å². The summed E-state index contributed by atoms with van der Waals surface area (Å²) in [5.41, 5.74) is -2.09. The summed E-state index contributed by atoms with van der Waals surface area (Å²) in [6.45, 7) is 1.64. The summed E-state index contributed by atoms with van der Waals surface area (Å²) >= 11 is 0. The molecule has 6 nitrogen and oxygen atoms in total. The molecule has 0 saturated carbocycles. The molecule has 0 aromatic heterocycles. The van der Waals surface area contributed by atoms with E-state index in [0.717, 1.165) is 0 Å². The Morgan fingerprint density at radius 1 is 1.14 bits per heavy atom. The van der Waals surface area contributed by atoms with Gasteiger partial charge in [0.05, 0.1) is 10.5 Å². The molecule has 0 unspecified atom stereocenters. The van der Waals surface area contributed by atoms with E-state index in [1.807, 2.05) is 11.9 Å². The maximum atomic E-state index is 13.7. The first-order chi connectivity index (χ1) is 9.82. The summed E-state index contributed by atoms with van der Waals surface area (Å²) in [5.74, 6) is -6.52. The van der Waals surface area contributed by atoms with Crippen LogP contribution in [0.1, 0.15) is 10.4 Å². The predicted octanol–water partition coefficient (Wildman–Crippen LogP) is 1.40. The predicted molar refractivity (Wildman–Crippen MR) is 66.4 cm³/mol. The van der Waals surface area contributed by atoms with Crippen molar-refractivity contribution in [1.82, 2.24) is 9.80 Å². The fraction of sp³-hybridized carbons (Fsp3) is 0.417. The van der Waals surface area contributed by atoms with Gasteiger partial charge in [0.1, 0.15) is 0 Å². The quantitative estimate of drug-likeness (QED) is 0.470. The van der Waals surface area contributed by atoms with Crippen LogP contribution in [0.3, 0.4) is 0 Å². The highest BCUT2D eigenvalue weighted by atomic mass is 19.2. The number of nitro groups is 1. The van der Waals surface area contributed by atoms with Gasteiger partial charge in [-0.1, -0.05) is 0 Å². The number of carbonyl (C=O) groups is 1. The molecule has 114 valence electrons. The lowest BCUT2D eigenvalue weighted by molar-refractivity contribution is -0.387. The summed E-state index contributed by atoms with van der Waals surface area (Å²) in [4.78, 5) is 24.7. The third-order valence-corrected chi connectivity index (χ3v) is 3.35. The maximum Gasteiger partial charge on any atom is 0.308 e. The molecule has 0 N–H and O–H groups in total. The number of likely N-dealkylation sites (N-methyl/N-ethyl adjacent to an activating group) is 1. The van der Waals surface area contributed by atoms with E-state index in [2.05, 4.69) is 0 Å². The van der Waals surface area contributed by atoms with Crippen LogP contribution in [0.2, 0.25) is 0 Å². The second-order valence-corrected chi connectivity index (χ2v) is 4.74. The zero-order valence-electron chi connectivity index (χ0n) is 11.1. The molecule has 0 radical (unpaired) electrons. The molecular weight excluding hydrogens is 291 g/mol. The highest BCUT2D eigenvalue weighted by molar-refractivity contribution is 5.95. The number of nitrogens with zero attached hydrogens (tertiary/aromatic N) is 3. The fourth-order valence-corrected chi connectivity index (χ4v) is 2.06. The molecule has 1 fully saturated rings. The van der Waals surface area contributed by atoms with Crippen molar-refractivity contribution in [2.45, 2.75) is 0 Å². The molecule has 1 aliphatic rings. The first-order valence-corrected chi connectivity index (χ1v) is 6.12. The summed E-state index contributed by atoms with van der Waals surface area (Å²) in [7, 11) is 1.84. The lowest BCUT2D eigenvalue weighted by Gasteiger charge is -2.32. The Balaban J connectivity index is 2.39. The van der Waals surface area contributed by atoms with Gasteiger partial charge < -0.3 is 9.80 Å². The van der Waals surface area contributed by atoms with Crippen LogP contribution >= 0.6 is 0 Å². The average Bonchev–Trinajstić information content (AvgIpc) is 2.45. The van der Waals surface area contributed by atoms with Crippen LogP contribution in [0.25, 0.3) is 0 Å². The van der Waals surface area contributed by atoms with E-state index in [-0.39, 0.29) is 13.1 Å². The molecule has 0 bridgehead atoms. The lowest BCUT2D eigenvalue weighted by Crippen LogP contribution is -2.47. The molecule has 1 aliphatic heterocycles. The Bertz CT molecular complexity index is 601. The number of hydrogen-bond acceptors (Lipinski definition) is 4. The number of benzene rings is 1. The van der Waals surface area contributed by atoms with Gasteiger partial charge in [0.15, 0.2) is 5.82 Å². The van der Waals surface area contributed by atoms with Gasteiger partial charge in [-0.05, 0) is 7.05 Å². The number of halogens is 3. The monoisotopic (exact) mass is 303 g/mol. The second-order valence-electron chi connectivity index (χ2n) is 4.74. The molecule has 9 heteroatoms. The topological polar surface area (TPSA) is 66.7 Å². The summed E-state index contributed by atoms with van der Waals surface area (Å²) in [6, 6.07) is 0.439. The van der Waals surface area contributed by atoms with Crippen LogP contribution in [0.4, 0.5) is 18.9 Å². The molecule has 1 heterocycles. The number of amides is 1. The van der Waals surface area contributed by atoms with Crippen molar-refractivity contribution >= 4 is 11.6 Å². The van der Waals surface area contributed by atoms with E-state index in [4.69, 9.17) is 0 Å². The van der Waals surface area contributed by atoms with Crippen molar-refractivity contribution in [2.24, 2.45) is 0 Å². The van der Waals surface area contributed by atoms with Crippen LogP contribution in [-0.4, -0.2) is 53.9 Å². The Morgan fingerprint density at radius 3 is 2.24 bits per heavy atom. The van der Waals surface area contributed by atoms with E-state index in [0.29, 0.717) is 19.2 Å². The summed E-state index contributed by atoms with van der Waals surface area (Å²) in [6.07, 6.45) is 0. The molecule has 0 spiro atoms. The smallest absolute Gasteiger partial charge is 0.308 e. The minimum Gasteiger partial charge on any atom is -0.336 e. The van der Waals surface area contributed by atoms with E-state index < -0.39 is 39.5 Å². The van der Waals surface area contributed by atoms with Crippen LogP contribution in [0.5, 0.6) is 0 Å². The number of hydrogen-bond donors (Lipinski definition) is 0. The van der Waals surface area contributed by atoms with Crippen LogP contribution in [-0.2, 0) is 0 Å². The Hall–Kier alpha value is -2.16. The number of nitro benzene ring substituents is 1. The van der Waals surface area contributed by atoms with Crippen molar-refractivity contribution in [2.75, 3.05) is 33.2 Å². The van der Waals surface area contributed by atoms with E-state index >= 15 is 0 Å². The first kappa shape index (κ1) is 15.2. The minimum absolute atomic E-state index is 0.279. The number of rotatable bonds is 2. The summed E-state index contributed by atoms with van der Waals surface area (Å²) in [5, 5.41) is 10.6. The molecule has 0 atom stereocenters. The molecule has 1 amide bonds. The van der Waals surface area contributed by atoms with Crippen LogP contribution in [0.15, 0.2) is 6.07 Å². The van der Waals surface area contributed by atoms with Gasteiger partial charge >= 0.3 is 5.69 Å². The van der Waals surface area contributed by atoms with Crippen molar-refractivity contribution in [3.05, 3.63) is 39.2 Å². The van der Waals surface area contributed by atoms with Gasteiger partial charge in [-0.3, -0.25) is 14.9 Å². The van der Waals surface area contributed by atoms with Crippen molar-refractivity contribution in [3.63, 3.8) is 0 Å². The van der Waals surface area contributed by atoms with Crippen LogP contribution in [0, 0.1) is 27.6 Å². The first-order valence-electron chi connectivity index (χ1n) is 6.12. The second kappa shape index (κ2) is 5.68. The molecule has 1 aromatic rings. The molecule has 2 rings (SSSR count). The largest absolute Gasteiger partial charge is 0.336 e. The summed E-state index contributed by atoms with van der Waals surface area (Å²) < 4.78 is 40.3. The van der Waals surface area contributed by atoms with Crippen LogP contribution < -0.4 is 0 Å². The molecule has 21 heavy (non-hydrogen) atoms. The maximum absolute atomic E-state index is 13.7. The van der Waals surface area contributed by atoms with Gasteiger partial charge in [0.25, 0.3) is 5.91 Å². The van der Waals surface area contributed by atoms with Crippen molar-refractivity contribution in [3.8, 4) is 0 Å². The van der Waals surface area contributed by atoms with Gasteiger partial charge in [-0.25, -0.2) is 8.78 Å². The molecular formula is C12H12F3N3O3. The van der Waals surface area contributed by atoms with E-state index in [1.165, 1.54) is 4.90 Å². The fourth-order valence-electron chi connectivity index (χ4n) is 2.06. The molecule has 1 saturated heterocycles. The normalized spacial score (nSPS) is 16.1. The molecule has 1 aromatic carbocycles. The standard InChI is InChI=1S/C12H12F3N3O3/c1-16-2-4-17(5-3-16)12(19)7-6-8(18(20)21)10(14)11(15)9(7)13/h6H,2-5H2,1H3. The third kappa shape index (κ3) is 2.82. The zero-order valence-corrected chi connectivity index (χ0v) is 11.1.